The lowest BCUT2D eigenvalue weighted by molar-refractivity contribution is 0.102. The number of aryl methyl sites for hydroxylation is 1. The smallest absolute Gasteiger partial charge is 0.255 e. The molecular formula is C18H21NO2. The number of hydrogen-bond donors (Lipinski definition) is 1. The van der Waals surface area contributed by atoms with E-state index in [0.717, 1.165) is 36.4 Å². The first-order valence-corrected chi connectivity index (χ1v) is 7.30. The fourth-order valence-electron chi connectivity index (χ4n) is 1.99. The average Bonchev–Trinajstić information content (AvgIpc) is 2.49. The molecule has 0 bridgehead atoms. The van der Waals surface area contributed by atoms with Crippen LogP contribution in [0.4, 0.5) is 5.69 Å². The molecule has 0 aliphatic rings. The molecule has 0 spiro atoms. The lowest BCUT2D eigenvalue weighted by Gasteiger charge is -2.09. The number of nitrogens with one attached hydrogen (secondary N) is 1. The van der Waals surface area contributed by atoms with Crippen molar-refractivity contribution < 1.29 is 9.53 Å². The number of rotatable bonds is 6. The van der Waals surface area contributed by atoms with E-state index in [0.29, 0.717) is 5.56 Å². The first-order valence-electron chi connectivity index (χ1n) is 7.30. The summed E-state index contributed by atoms with van der Waals surface area (Å²) in [5.41, 5.74) is 2.43. The van der Waals surface area contributed by atoms with Gasteiger partial charge in [-0.2, -0.15) is 0 Å². The van der Waals surface area contributed by atoms with Crippen molar-refractivity contribution in [1.82, 2.24) is 0 Å². The molecule has 3 heteroatoms. The third-order valence-corrected chi connectivity index (χ3v) is 3.27. The summed E-state index contributed by atoms with van der Waals surface area (Å²) in [5, 5.41) is 2.90. The fourth-order valence-corrected chi connectivity index (χ4v) is 1.99. The highest BCUT2D eigenvalue weighted by atomic mass is 16.5. The Morgan fingerprint density at radius 1 is 1.10 bits per heavy atom. The Hall–Kier alpha value is -2.29. The Morgan fingerprint density at radius 3 is 2.48 bits per heavy atom. The van der Waals surface area contributed by atoms with Gasteiger partial charge in [-0.1, -0.05) is 31.5 Å². The molecule has 0 heterocycles. The molecule has 0 fully saturated rings. The molecule has 2 rings (SSSR count). The van der Waals surface area contributed by atoms with Gasteiger partial charge >= 0.3 is 0 Å². The van der Waals surface area contributed by atoms with Crippen molar-refractivity contribution in [2.45, 2.75) is 26.7 Å². The van der Waals surface area contributed by atoms with Crippen LogP contribution in [0.2, 0.25) is 0 Å². The molecule has 110 valence electrons. The number of amides is 1. The maximum Gasteiger partial charge on any atom is 0.255 e. The van der Waals surface area contributed by atoms with Crippen LogP contribution in [-0.4, -0.2) is 12.5 Å². The summed E-state index contributed by atoms with van der Waals surface area (Å²) in [6.07, 6.45) is 2.16. The number of ether oxygens (including phenoxy) is 1. The molecule has 0 saturated carbocycles. The monoisotopic (exact) mass is 283 g/mol. The molecular weight excluding hydrogens is 262 g/mol. The molecule has 0 saturated heterocycles. The Labute approximate surface area is 126 Å². The summed E-state index contributed by atoms with van der Waals surface area (Å²) in [5.74, 6) is 0.741. The van der Waals surface area contributed by atoms with E-state index < -0.39 is 0 Å². The molecule has 21 heavy (non-hydrogen) atoms. The average molecular weight is 283 g/mol. The minimum atomic E-state index is -0.0900. The SMILES string of the molecule is CCCCOc1ccc(NC(=O)c2ccccc2C)cc1. The number of hydrogen-bond acceptors (Lipinski definition) is 2. The minimum absolute atomic E-state index is 0.0900. The second kappa shape index (κ2) is 7.48. The normalized spacial score (nSPS) is 10.2. The summed E-state index contributed by atoms with van der Waals surface area (Å²) in [6, 6.07) is 15.0. The van der Waals surface area contributed by atoms with Crippen LogP contribution < -0.4 is 10.1 Å². The zero-order chi connectivity index (χ0) is 15.1. The van der Waals surface area contributed by atoms with Gasteiger partial charge in [0.05, 0.1) is 6.61 Å². The first kappa shape index (κ1) is 15.1. The van der Waals surface area contributed by atoms with E-state index in [-0.39, 0.29) is 5.91 Å². The van der Waals surface area contributed by atoms with Crippen molar-refractivity contribution >= 4 is 11.6 Å². The van der Waals surface area contributed by atoms with E-state index in [4.69, 9.17) is 4.74 Å². The molecule has 2 aromatic rings. The zero-order valence-corrected chi connectivity index (χ0v) is 12.6. The number of carbonyl (C=O) groups is 1. The molecule has 0 aliphatic carbocycles. The Bertz CT molecular complexity index is 590. The number of anilines is 1. The molecule has 0 aliphatic heterocycles. The molecule has 0 atom stereocenters. The highest BCUT2D eigenvalue weighted by Gasteiger charge is 2.08. The molecule has 2 aromatic carbocycles. The van der Waals surface area contributed by atoms with Crippen LogP contribution in [0.3, 0.4) is 0 Å². The van der Waals surface area contributed by atoms with Crippen molar-refractivity contribution in [3.05, 3.63) is 59.7 Å². The molecule has 1 amide bonds. The molecule has 0 aromatic heterocycles. The van der Waals surface area contributed by atoms with Gasteiger partial charge in [0.15, 0.2) is 0 Å². The van der Waals surface area contributed by atoms with Gasteiger partial charge < -0.3 is 10.1 Å². The summed E-state index contributed by atoms with van der Waals surface area (Å²) < 4.78 is 5.60. The predicted octanol–water partition coefficient (Wildman–Crippen LogP) is 4.43. The summed E-state index contributed by atoms with van der Waals surface area (Å²) in [4.78, 5) is 12.2. The van der Waals surface area contributed by atoms with Crippen molar-refractivity contribution in [3.8, 4) is 5.75 Å². The third-order valence-electron chi connectivity index (χ3n) is 3.27. The van der Waals surface area contributed by atoms with Crippen LogP contribution in [0.5, 0.6) is 5.75 Å². The van der Waals surface area contributed by atoms with Crippen LogP contribution in [-0.2, 0) is 0 Å². The quantitative estimate of drug-likeness (QED) is 0.797. The summed E-state index contributed by atoms with van der Waals surface area (Å²) >= 11 is 0. The van der Waals surface area contributed by atoms with Crippen molar-refractivity contribution in [2.75, 3.05) is 11.9 Å². The Morgan fingerprint density at radius 2 is 1.81 bits per heavy atom. The standard InChI is InChI=1S/C18H21NO2/c1-3-4-13-21-16-11-9-15(10-12-16)19-18(20)17-8-6-5-7-14(17)2/h5-12H,3-4,13H2,1-2H3,(H,19,20). The lowest BCUT2D eigenvalue weighted by Crippen LogP contribution is -2.13. The molecule has 3 nitrogen and oxygen atoms in total. The van der Waals surface area contributed by atoms with Crippen LogP contribution in [0, 0.1) is 6.92 Å². The van der Waals surface area contributed by atoms with Gasteiger partial charge in [-0.3, -0.25) is 4.79 Å². The van der Waals surface area contributed by atoms with Crippen molar-refractivity contribution in [2.24, 2.45) is 0 Å². The third kappa shape index (κ3) is 4.35. The Balaban J connectivity index is 1.97. The van der Waals surface area contributed by atoms with Gasteiger partial charge in [0, 0.05) is 11.3 Å². The lowest BCUT2D eigenvalue weighted by atomic mass is 10.1. The molecule has 0 unspecified atom stereocenters. The van der Waals surface area contributed by atoms with E-state index in [9.17, 15) is 4.79 Å². The first-order chi connectivity index (χ1) is 10.2. The second-order valence-electron chi connectivity index (χ2n) is 5.00. The number of benzene rings is 2. The van der Waals surface area contributed by atoms with Gasteiger partial charge in [0.1, 0.15) is 5.75 Å². The van der Waals surface area contributed by atoms with Crippen molar-refractivity contribution in [1.29, 1.82) is 0 Å². The van der Waals surface area contributed by atoms with Crippen LogP contribution >= 0.6 is 0 Å². The summed E-state index contributed by atoms with van der Waals surface area (Å²) in [7, 11) is 0. The number of unbranched alkanes of at least 4 members (excludes halogenated alkanes) is 1. The fraction of sp³-hybridized carbons (Fsp3) is 0.278. The minimum Gasteiger partial charge on any atom is -0.494 e. The van der Waals surface area contributed by atoms with Crippen molar-refractivity contribution in [3.63, 3.8) is 0 Å². The van der Waals surface area contributed by atoms with Gasteiger partial charge in [0.25, 0.3) is 5.91 Å². The van der Waals surface area contributed by atoms with Gasteiger partial charge in [0.2, 0.25) is 0 Å². The molecule has 1 N–H and O–H groups in total. The second-order valence-corrected chi connectivity index (χ2v) is 5.00. The van der Waals surface area contributed by atoms with E-state index >= 15 is 0 Å². The topological polar surface area (TPSA) is 38.3 Å². The van der Waals surface area contributed by atoms with E-state index in [2.05, 4.69) is 12.2 Å². The van der Waals surface area contributed by atoms with Crippen LogP contribution in [0.15, 0.2) is 48.5 Å². The van der Waals surface area contributed by atoms with Gasteiger partial charge in [-0.05, 0) is 49.2 Å². The van der Waals surface area contributed by atoms with Gasteiger partial charge in [-0.15, -0.1) is 0 Å². The van der Waals surface area contributed by atoms with E-state index in [1.165, 1.54) is 0 Å². The molecule has 0 radical (unpaired) electrons. The summed E-state index contributed by atoms with van der Waals surface area (Å²) in [6.45, 7) is 4.79. The van der Waals surface area contributed by atoms with Crippen LogP contribution in [0.25, 0.3) is 0 Å². The number of carbonyl (C=O) groups excluding carboxylic acids is 1. The van der Waals surface area contributed by atoms with E-state index in [1.54, 1.807) is 0 Å². The predicted molar refractivity (Wildman–Crippen MR) is 86.0 cm³/mol. The van der Waals surface area contributed by atoms with Crippen LogP contribution in [0.1, 0.15) is 35.7 Å². The zero-order valence-electron chi connectivity index (χ0n) is 12.6. The van der Waals surface area contributed by atoms with E-state index in [1.807, 2.05) is 55.5 Å². The largest absolute Gasteiger partial charge is 0.494 e. The van der Waals surface area contributed by atoms with Gasteiger partial charge in [-0.25, -0.2) is 0 Å². The maximum atomic E-state index is 12.2. The highest BCUT2D eigenvalue weighted by Crippen LogP contribution is 2.17. The maximum absolute atomic E-state index is 12.2. The highest BCUT2D eigenvalue weighted by molar-refractivity contribution is 6.05. The Kier molecular flexibility index (Phi) is 5.38.